The van der Waals surface area contributed by atoms with Gasteiger partial charge in [-0.05, 0) is 45.9 Å². The molecule has 100 valence electrons. The zero-order valence-corrected chi connectivity index (χ0v) is 11.9. The summed E-state index contributed by atoms with van der Waals surface area (Å²) in [5.74, 6) is -0.431. The van der Waals surface area contributed by atoms with Crippen LogP contribution in [0, 0.1) is 5.82 Å². The second kappa shape index (κ2) is 5.61. The molecule has 3 N–H and O–H groups in total. The van der Waals surface area contributed by atoms with Gasteiger partial charge in [0.2, 0.25) is 5.91 Å². The number of rotatable bonds is 3. The summed E-state index contributed by atoms with van der Waals surface area (Å²) in [5.41, 5.74) is 5.80. The van der Waals surface area contributed by atoms with Crippen LogP contribution < -0.4 is 11.1 Å². The third-order valence-corrected chi connectivity index (χ3v) is 3.34. The Kier molecular flexibility index (Phi) is 4.62. The smallest absolute Gasteiger partial charge is 0.233 e. The van der Waals surface area contributed by atoms with Gasteiger partial charge in [-0.25, -0.2) is 4.39 Å². The number of carbonyl (C=O) groups is 1. The first kappa shape index (κ1) is 14.8. The second-order valence-electron chi connectivity index (χ2n) is 5.18. The lowest BCUT2D eigenvalue weighted by molar-refractivity contribution is -0.121. The van der Waals surface area contributed by atoms with E-state index in [2.05, 4.69) is 5.32 Å². The van der Waals surface area contributed by atoms with E-state index >= 15 is 0 Å². The number of nitrogens with two attached hydrogens (primary N) is 1. The van der Waals surface area contributed by atoms with Gasteiger partial charge >= 0.3 is 0 Å². The second-order valence-corrected chi connectivity index (χ2v) is 6.56. The van der Waals surface area contributed by atoms with E-state index in [-0.39, 0.29) is 22.5 Å². The van der Waals surface area contributed by atoms with Gasteiger partial charge < -0.3 is 11.1 Å². The summed E-state index contributed by atoms with van der Waals surface area (Å²) in [7, 11) is 0. The van der Waals surface area contributed by atoms with Gasteiger partial charge in [0.05, 0.1) is 5.25 Å². The highest BCUT2D eigenvalue weighted by atomic mass is 32.2. The van der Waals surface area contributed by atoms with E-state index in [1.165, 1.54) is 23.9 Å². The lowest BCUT2D eigenvalue weighted by Gasteiger charge is -2.23. The van der Waals surface area contributed by atoms with E-state index in [0.29, 0.717) is 10.6 Å². The van der Waals surface area contributed by atoms with Crippen molar-refractivity contribution in [1.82, 2.24) is 5.32 Å². The minimum Gasteiger partial charge on any atom is -0.398 e. The summed E-state index contributed by atoms with van der Waals surface area (Å²) in [6.07, 6.45) is 0. The van der Waals surface area contributed by atoms with Crippen molar-refractivity contribution in [2.45, 2.75) is 43.4 Å². The average molecular weight is 270 g/mol. The number of carbonyl (C=O) groups excluding carboxylic acids is 1. The maximum Gasteiger partial charge on any atom is 0.233 e. The molecule has 0 saturated heterocycles. The molecule has 1 unspecified atom stereocenters. The van der Waals surface area contributed by atoms with Crippen molar-refractivity contribution >= 4 is 23.4 Å². The Labute approximate surface area is 111 Å². The van der Waals surface area contributed by atoms with Crippen LogP contribution in [0.4, 0.5) is 10.1 Å². The van der Waals surface area contributed by atoms with Crippen LogP contribution in [0.15, 0.2) is 23.1 Å². The van der Waals surface area contributed by atoms with Crippen LogP contribution in [0.2, 0.25) is 0 Å². The molecule has 0 heterocycles. The normalized spacial score (nSPS) is 13.2. The Hall–Kier alpha value is -1.23. The predicted octanol–water partition coefficient (Wildman–Crippen LogP) is 2.80. The lowest BCUT2D eigenvalue weighted by atomic mass is 10.1. The maximum absolute atomic E-state index is 12.9. The van der Waals surface area contributed by atoms with Crippen molar-refractivity contribution in [1.29, 1.82) is 0 Å². The molecule has 0 fully saturated rings. The van der Waals surface area contributed by atoms with Gasteiger partial charge in [0.25, 0.3) is 0 Å². The van der Waals surface area contributed by atoms with Crippen LogP contribution in [-0.2, 0) is 4.79 Å². The Morgan fingerprint density at radius 2 is 2.06 bits per heavy atom. The molecule has 0 aliphatic rings. The SMILES string of the molecule is CC(Sc1ccc(F)cc1N)C(=O)NC(C)(C)C. The van der Waals surface area contributed by atoms with E-state index in [4.69, 9.17) is 5.73 Å². The topological polar surface area (TPSA) is 55.1 Å². The molecule has 1 aromatic rings. The van der Waals surface area contributed by atoms with Gasteiger partial charge in [-0.15, -0.1) is 11.8 Å². The first-order valence-electron chi connectivity index (χ1n) is 5.73. The Morgan fingerprint density at radius 1 is 1.44 bits per heavy atom. The maximum atomic E-state index is 12.9. The van der Waals surface area contributed by atoms with Crippen LogP contribution >= 0.6 is 11.8 Å². The summed E-state index contributed by atoms with van der Waals surface area (Å²) in [6, 6.07) is 4.19. The highest BCUT2D eigenvalue weighted by Gasteiger charge is 2.20. The molecule has 0 aromatic heterocycles. The van der Waals surface area contributed by atoms with Gasteiger partial charge in [-0.3, -0.25) is 4.79 Å². The van der Waals surface area contributed by atoms with Crippen molar-refractivity contribution in [3.05, 3.63) is 24.0 Å². The zero-order chi connectivity index (χ0) is 13.9. The number of amides is 1. The average Bonchev–Trinajstić information content (AvgIpc) is 2.19. The minimum atomic E-state index is -0.372. The number of benzene rings is 1. The minimum absolute atomic E-state index is 0.0591. The fourth-order valence-corrected chi connectivity index (χ4v) is 2.23. The fraction of sp³-hybridized carbons (Fsp3) is 0.462. The Morgan fingerprint density at radius 3 is 2.56 bits per heavy atom. The van der Waals surface area contributed by atoms with Crippen LogP contribution in [0.1, 0.15) is 27.7 Å². The number of hydrogen-bond donors (Lipinski definition) is 2. The van der Waals surface area contributed by atoms with E-state index in [1.54, 1.807) is 13.0 Å². The summed E-state index contributed by atoms with van der Waals surface area (Å²) in [4.78, 5) is 12.6. The molecule has 0 radical (unpaired) electrons. The number of nitrogen functional groups attached to an aromatic ring is 1. The van der Waals surface area contributed by atoms with Crippen molar-refractivity contribution in [2.75, 3.05) is 5.73 Å². The van der Waals surface area contributed by atoms with Crippen molar-refractivity contribution < 1.29 is 9.18 Å². The Balaban J connectivity index is 2.69. The number of anilines is 1. The quantitative estimate of drug-likeness (QED) is 0.656. The summed E-state index contributed by atoms with van der Waals surface area (Å²) >= 11 is 1.32. The van der Waals surface area contributed by atoms with E-state index in [0.717, 1.165) is 0 Å². The molecule has 0 aliphatic heterocycles. The van der Waals surface area contributed by atoms with Gasteiger partial charge in [-0.1, -0.05) is 0 Å². The first-order valence-corrected chi connectivity index (χ1v) is 6.61. The molecule has 0 aliphatic carbocycles. The van der Waals surface area contributed by atoms with Gasteiger partial charge in [0, 0.05) is 16.1 Å². The van der Waals surface area contributed by atoms with E-state index in [9.17, 15) is 9.18 Å². The summed E-state index contributed by atoms with van der Waals surface area (Å²) < 4.78 is 12.9. The molecule has 3 nitrogen and oxygen atoms in total. The van der Waals surface area contributed by atoms with Gasteiger partial charge in [0.15, 0.2) is 0 Å². The third kappa shape index (κ3) is 4.56. The lowest BCUT2D eigenvalue weighted by Crippen LogP contribution is -2.44. The third-order valence-electron chi connectivity index (χ3n) is 2.14. The Bertz CT molecular complexity index is 443. The summed E-state index contributed by atoms with van der Waals surface area (Å²) in [6.45, 7) is 7.58. The zero-order valence-electron chi connectivity index (χ0n) is 11.1. The van der Waals surface area contributed by atoms with Crippen LogP contribution in [0.3, 0.4) is 0 Å². The van der Waals surface area contributed by atoms with Gasteiger partial charge in [0.1, 0.15) is 5.82 Å². The summed E-state index contributed by atoms with van der Waals surface area (Å²) in [5, 5.41) is 2.61. The largest absolute Gasteiger partial charge is 0.398 e. The molecule has 0 bridgehead atoms. The van der Waals surface area contributed by atoms with Gasteiger partial charge in [-0.2, -0.15) is 0 Å². The molecular formula is C13H19FN2OS. The number of halogens is 1. The monoisotopic (exact) mass is 270 g/mol. The van der Waals surface area contributed by atoms with Crippen LogP contribution in [0.5, 0.6) is 0 Å². The van der Waals surface area contributed by atoms with Crippen LogP contribution in [-0.4, -0.2) is 16.7 Å². The fourth-order valence-electron chi connectivity index (χ4n) is 1.34. The first-order chi connectivity index (χ1) is 8.19. The van der Waals surface area contributed by atoms with Crippen molar-refractivity contribution in [2.24, 2.45) is 0 Å². The molecule has 1 rings (SSSR count). The highest BCUT2D eigenvalue weighted by molar-refractivity contribution is 8.00. The van der Waals surface area contributed by atoms with E-state index < -0.39 is 0 Å². The van der Waals surface area contributed by atoms with Crippen molar-refractivity contribution in [3.8, 4) is 0 Å². The van der Waals surface area contributed by atoms with Crippen LogP contribution in [0.25, 0.3) is 0 Å². The van der Waals surface area contributed by atoms with Crippen molar-refractivity contribution in [3.63, 3.8) is 0 Å². The molecular weight excluding hydrogens is 251 g/mol. The standard InChI is InChI=1S/C13H19FN2OS/c1-8(12(17)16-13(2,3)4)18-11-6-5-9(14)7-10(11)15/h5-8H,15H2,1-4H3,(H,16,17). The van der Waals surface area contributed by atoms with E-state index in [1.807, 2.05) is 20.8 Å². The molecule has 18 heavy (non-hydrogen) atoms. The number of thioether (sulfide) groups is 1. The molecule has 0 saturated carbocycles. The number of nitrogens with one attached hydrogen (secondary N) is 1. The predicted molar refractivity (Wildman–Crippen MR) is 74.0 cm³/mol. The molecule has 1 aromatic carbocycles. The highest BCUT2D eigenvalue weighted by Crippen LogP contribution is 2.29. The molecule has 0 spiro atoms. The molecule has 1 atom stereocenters. The number of hydrogen-bond acceptors (Lipinski definition) is 3. The molecule has 1 amide bonds. The molecule has 5 heteroatoms.